The summed E-state index contributed by atoms with van der Waals surface area (Å²) >= 11 is 0. The molecule has 6 nitrogen and oxygen atoms in total. The summed E-state index contributed by atoms with van der Waals surface area (Å²) in [6, 6.07) is 19.3. The van der Waals surface area contributed by atoms with Crippen LogP contribution in [0.25, 0.3) is 0 Å². The van der Waals surface area contributed by atoms with E-state index in [1.807, 2.05) is 51.1 Å². The van der Waals surface area contributed by atoms with E-state index in [9.17, 15) is 9.18 Å². The molecule has 1 saturated heterocycles. The number of amides is 1. The summed E-state index contributed by atoms with van der Waals surface area (Å²) in [5, 5.41) is 0. The van der Waals surface area contributed by atoms with Gasteiger partial charge in [0.1, 0.15) is 23.3 Å². The Morgan fingerprint density at radius 1 is 1.06 bits per heavy atom. The number of carbonyl (C=O) groups is 1. The summed E-state index contributed by atoms with van der Waals surface area (Å²) in [5.41, 5.74) is 0.446. The number of hydrogen-bond acceptors (Lipinski definition) is 5. The Kier molecular flexibility index (Phi) is 7.54. The second-order valence-corrected chi connectivity index (χ2v) is 9.64. The van der Waals surface area contributed by atoms with E-state index in [4.69, 9.17) is 14.2 Å². The fourth-order valence-electron chi connectivity index (χ4n) is 4.12. The van der Waals surface area contributed by atoms with Crippen LogP contribution in [-0.4, -0.2) is 34.7 Å². The van der Waals surface area contributed by atoms with E-state index >= 15 is 0 Å². The molecule has 0 radical (unpaired) electrons. The van der Waals surface area contributed by atoms with Gasteiger partial charge in [0, 0.05) is 25.2 Å². The molecule has 0 N–H and O–H groups in total. The lowest BCUT2D eigenvalue weighted by molar-refractivity contribution is 0.00556. The van der Waals surface area contributed by atoms with Crippen LogP contribution in [0, 0.1) is 11.7 Å². The number of pyridine rings is 1. The minimum absolute atomic E-state index is 0.0394. The Hall–Kier alpha value is -3.61. The first kappa shape index (κ1) is 24.5. The predicted molar refractivity (Wildman–Crippen MR) is 131 cm³/mol. The van der Waals surface area contributed by atoms with E-state index in [-0.39, 0.29) is 23.9 Å². The second-order valence-electron chi connectivity index (χ2n) is 9.64. The van der Waals surface area contributed by atoms with Crippen molar-refractivity contribution in [3.05, 3.63) is 84.3 Å². The minimum Gasteiger partial charge on any atom is -0.480 e. The van der Waals surface area contributed by atoms with Crippen LogP contribution in [0.5, 0.6) is 17.4 Å². The van der Waals surface area contributed by atoms with Gasteiger partial charge in [0.2, 0.25) is 0 Å². The Labute approximate surface area is 205 Å². The van der Waals surface area contributed by atoms with Crippen molar-refractivity contribution in [2.75, 3.05) is 13.1 Å². The SMILES string of the molecule is CC(C)(C)OC(=O)N1CCC[C@H](C(Oc2cccnc2Oc2ccc(F)cc2)c2ccccc2)C1. The number of likely N-dealkylation sites (tertiary alicyclic amines) is 1. The average Bonchev–Trinajstić information content (AvgIpc) is 2.84. The zero-order chi connectivity index (χ0) is 24.8. The van der Waals surface area contributed by atoms with Crippen LogP contribution < -0.4 is 9.47 Å². The predicted octanol–water partition coefficient (Wildman–Crippen LogP) is 6.78. The van der Waals surface area contributed by atoms with Gasteiger partial charge in [-0.2, -0.15) is 0 Å². The van der Waals surface area contributed by atoms with Gasteiger partial charge < -0.3 is 19.1 Å². The third kappa shape index (κ3) is 6.72. The molecule has 7 heteroatoms. The molecule has 3 aromatic rings. The Morgan fingerprint density at radius 3 is 2.51 bits per heavy atom. The molecule has 184 valence electrons. The van der Waals surface area contributed by atoms with Crippen molar-refractivity contribution in [1.29, 1.82) is 0 Å². The lowest BCUT2D eigenvalue weighted by Gasteiger charge is -2.37. The zero-order valence-electron chi connectivity index (χ0n) is 20.3. The molecule has 2 heterocycles. The van der Waals surface area contributed by atoms with Gasteiger partial charge in [-0.15, -0.1) is 0 Å². The van der Waals surface area contributed by atoms with Crippen LogP contribution in [0.1, 0.15) is 45.3 Å². The van der Waals surface area contributed by atoms with Gasteiger partial charge in [-0.25, -0.2) is 14.2 Å². The van der Waals surface area contributed by atoms with Crippen molar-refractivity contribution in [1.82, 2.24) is 9.88 Å². The van der Waals surface area contributed by atoms with E-state index < -0.39 is 5.60 Å². The van der Waals surface area contributed by atoms with Crippen LogP contribution in [0.2, 0.25) is 0 Å². The normalized spacial score (nSPS) is 16.9. The molecule has 35 heavy (non-hydrogen) atoms. The van der Waals surface area contributed by atoms with Crippen molar-refractivity contribution in [3.63, 3.8) is 0 Å². The molecular weight excluding hydrogens is 447 g/mol. The highest BCUT2D eigenvalue weighted by molar-refractivity contribution is 5.68. The van der Waals surface area contributed by atoms with Gasteiger partial charge in [-0.3, -0.25) is 0 Å². The first-order chi connectivity index (χ1) is 16.8. The number of nitrogens with zero attached hydrogens (tertiary/aromatic N) is 2. The highest BCUT2D eigenvalue weighted by Crippen LogP contribution is 2.38. The molecular formula is C28H31FN2O4. The maximum absolute atomic E-state index is 13.3. The Morgan fingerprint density at radius 2 is 1.80 bits per heavy atom. The topological polar surface area (TPSA) is 60.9 Å². The number of benzene rings is 2. The molecule has 1 aliphatic heterocycles. The zero-order valence-corrected chi connectivity index (χ0v) is 20.3. The molecule has 1 amide bonds. The molecule has 1 unspecified atom stereocenters. The number of hydrogen-bond donors (Lipinski definition) is 0. The van der Waals surface area contributed by atoms with E-state index in [0.717, 1.165) is 18.4 Å². The van der Waals surface area contributed by atoms with E-state index in [0.29, 0.717) is 30.5 Å². The fraction of sp³-hybridized carbons (Fsp3) is 0.357. The van der Waals surface area contributed by atoms with Gasteiger partial charge in [0.05, 0.1) is 0 Å². The van der Waals surface area contributed by atoms with Crippen LogP contribution in [0.15, 0.2) is 72.9 Å². The second kappa shape index (κ2) is 10.8. The van der Waals surface area contributed by atoms with Crippen LogP contribution in [0.4, 0.5) is 9.18 Å². The summed E-state index contributed by atoms with van der Waals surface area (Å²) in [7, 11) is 0. The third-order valence-corrected chi connectivity index (χ3v) is 5.68. The van der Waals surface area contributed by atoms with Gasteiger partial charge >= 0.3 is 6.09 Å². The molecule has 4 rings (SSSR count). The fourth-order valence-corrected chi connectivity index (χ4v) is 4.12. The molecule has 0 aliphatic carbocycles. The molecule has 1 aliphatic rings. The molecule has 0 bridgehead atoms. The maximum atomic E-state index is 13.3. The number of halogens is 1. The summed E-state index contributed by atoms with van der Waals surface area (Å²) in [6.45, 7) is 6.77. The standard InChI is InChI=1S/C28H31FN2O4/c1-28(2,3)35-27(32)31-18-8-11-21(19-31)25(20-9-5-4-6-10-20)34-24-12-7-17-30-26(24)33-23-15-13-22(29)14-16-23/h4-7,9-10,12-17,21,25H,8,11,18-19H2,1-3H3/t21-,25?/m0/s1. The Balaban J connectivity index is 1.58. The molecule has 1 fully saturated rings. The number of ether oxygens (including phenoxy) is 3. The lowest BCUT2D eigenvalue weighted by Crippen LogP contribution is -2.44. The number of piperidine rings is 1. The van der Waals surface area contributed by atoms with E-state index in [1.165, 1.54) is 12.1 Å². The van der Waals surface area contributed by atoms with E-state index in [2.05, 4.69) is 4.98 Å². The van der Waals surface area contributed by atoms with Gasteiger partial charge in [0.15, 0.2) is 5.75 Å². The number of carbonyl (C=O) groups excluding carboxylic acids is 1. The summed E-state index contributed by atoms with van der Waals surface area (Å²) in [6.07, 6.45) is 2.72. The highest BCUT2D eigenvalue weighted by Gasteiger charge is 2.34. The smallest absolute Gasteiger partial charge is 0.410 e. The summed E-state index contributed by atoms with van der Waals surface area (Å²) in [4.78, 5) is 18.9. The summed E-state index contributed by atoms with van der Waals surface area (Å²) < 4.78 is 31.4. The van der Waals surface area contributed by atoms with Crippen molar-refractivity contribution in [3.8, 4) is 17.4 Å². The third-order valence-electron chi connectivity index (χ3n) is 5.68. The van der Waals surface area contributed by atoms with Crippen molar-refractivity contribution >= 4 is 6.09 Å². The number of rotatable bonds is 6. The first-order valence-electron chi connectivity index (χ1n) is 11.9. The van der Waals surface area contributed by atoms with Gasteiger partial charge in [-0.1, -0.05) is 30.3 Å². The molecule has 2 atom stereocenters. The lowest BCUT2D eigenvalue weighted by atomic mass is 9.88. The Bertz CT molecular complexity index is 1120. The van der Waals surface area contributed by atoms with Gasteiger partial charge in [-0.05, 0) is 75.6 Å². The van der Waals surface area contributed by atoms with Crippen molar-refractivity contribution in [2.24, 2.45) is 5.92 Å². The molecule has 0 spiro atoms. The summed E-state index contributed by atoms with van der Waals surface area (Å²) in [5.74, 6) is 0.920. The first-order valence-corrected chi connectivity index (χ1v) is 11.9. The van der Waals surface area contributed by atoms with Crippen molar-refractivity contribution in [2.45, 2.75) is 45.3 Å². The molecule has 2 aromatic carbocycles. The van der Waals surface area contributed by atoms with Crippen LogP contribution >= 0.6 is 0 Å². The molecule has 0 saturated carbocycles. The maximum Gasteiger partial charge on any atom is 0.410 e. The largest absolute Gasteiger partial charge is 0.480 e. The van der Waals surface area contributed by atoms with Crippen LogP contribution in [0.3, 0.4) is 0 Å². The molecule has 1 aromatic heterocycles. The van der Waals surface area contributed by atoms with Crippen molar-refractivity contribution < 1.29 is 23.4 Å². The number of aromatic nitrogens is 1. The highest BCUT2D eigenvalue weighted by atomic mass is 19.1. The van der Waals surface area contributed by atoms with Gasteiger partial charge in [0.25, 0.3) is 5.88 Å². The van der Waals surface area contributed by atoms with E-state index in [1.54, 1.807) is 35.4 Å². The quantitative estimate of drug-likeness (QED) is 0.391. The average molecular weight is 479 g/mol. The monoisotopic (exact) mass is 478 g/mol. The van der Waals surface area contributed by atoms with Crippen LogP contribution in [-0.2, 0) is 4.74 Å². The minimum atomic E-state index is -0.554.